The Morgan fingerprint density at radius 1 is 0.650 bits per heavy atom. The number of methoxy groups -OCH3 is 2. The molecule has 0 saturated heterocycles. The van der Waals surface area contributed by atoms with Crippen molar-refractivity contribution in [1.29, 1.82) is 31.6 Å². The average molecular weight is 371 g/mol. The maximum atomic E-state index is 8.58. The summed E-state index contributed by atoms with van der Waals surface area (Å²) in [6, 6.07) is 0. The number of nitriles is 6. The summed E-state index contributed by atoms with van der Waals surface area (Å²) in [7, 11) is -2.73. The monoisotopic (exact) mass is 369 g/mol. The van der Waals surface area contributed by atoms with Crippen molar-refractivity contribution in [3.63, 3.8) is 0 Å². The summed E-state index contributed by atoms with van der Waals surface area (Å²) >= 11 is 0. The van der Waals surface area contributed by atoms with E-state index in [-0.39, 0.29) is 19.5 Å². The Bertz CT molecular complexity index is 459. The zero-order valence-electron chi connectivity index (χ0n) is 11.0. The number of nitrogens with zero attached hydrogens (tertiary/aromatic N) is 6. The maximum absolute atomic E-state index is 8.58. The molecule has 0 fully saturated rings. The molecular formula is C10H10CoN6O2Zn. The quantitative estimate of drug-likeness (QED) is 0.508. The summed E-state index contributed by atoms with van der Waals surface area (Å²) in [4.78, 5) is 0. The van der Waals surface area contributed by atoms with Crippen LogP contribution in [0.1, 0.15) is 0 Å². The summed E-state index contributed by atoms with van der Waals surface area (Å²) in [6.45, 7) is 1.38. The second-order valence-corrected chi connectivity index (χ2v) is 7.98. The first-order valence-electron chi connectivity index (χ1n) is 4.24. The zero-order valence-corrected chi connectivity index (χ0v) is 15.0. The van der Waals surface area contributed by atoms with E-state index in [1.807, 2.05) is 0 Å². The molecule has 0 atom stereocenters. The van der Waals surface area contributed by atoms with Crippen molar-refractivity contribution in [2.75, 3.05) is 27.4 Å². The van der Waals surface area contributed by atoms with Gasteiger partial charge in [-0.15, -0.1) is 0 Å². The van der Waals surface area contributed by atoms with E-state index in [0.29, 0.717) is 13.2 Å². The first-order valence-corrected chi connectivity index (χ1v) is 7.36. The van der Waals surface area contributed by atoms with Crippen LogP contribution in [-0.2, 0) is 39.5 Å². The number of hydrogen-bond donors (Lipinski definition) is 0. The van der Waals surface area contributed by atoms with Crippen LogP contribution in [0.25, 0.3) is 0 Å². The molecule has 0 aromatic rings. The van der Waals surface area contributed by atoms with E-state index in [1.165, 1.54) is 0 Å². The van der Waals surface area contributed by atoms with E-state index >= 15 is 0 Å². The predicted octanol–water partition coefficient (Wildman–Crippen LogP) is 0.375. The van der Waals surface area contributed by atoms with Crippen molar-refractivity contribution in [2.45, 2.75) is 0 Å². The SMILES string of the molecule is COCCOC.N#[C][Co]([C]#N)([C]#N)([C]#N)([C]#N)[C]#N.[Zn]. The minimum Gasteiger partial charge on any atom is 0 e. The molecule has 8 nitrogen and oxygen atoms in total. The molecule has 0 aliphatic rings. The maximum Gasteiger partial charge on any atom is 0 e. The topological polar surface area (TPSA) is 161 Å². The van der Waals surface area contributed by atoms with Crippen molar-refractivity contribution in [3.05, 3.63) is 0 Å². The van der Waals surface area contributed by atoms with Gasteiger partial charge in [0.1, 0.15) is 0 Å². The van der Waals surface area contributed by atoms with Gasteiger partial charge in [0.05, 0.1) is 13.2 Å². The van der Waals surface area contributed by atoms with Gasteiger partial charge in [-0.25, -0.2) is 0 Å². The summed E-state index contributed by atoms with van der Waals surface area (Å²) in [5, 5.41) is 57.6. The van der Waals surface area contributed by atoms with E-state index in [9.17, 15) is 0 Å². The molecule has 0 N–H and O–H groups in total. The van der Waals surface area contributed by atoms with Gasteiger partial charge in [-0.1, -0.05) is 0 Å². The molecule has 0 radical (unpaired) electrons. The van der Waals surface area contributed by atoms with E-state index in [0.717, 1.165) is 30.0 Å². The van der Waals surface area contributed by atoms with Gasteiger partial charge in [0.25, 0.3) is 0 Å². The molecule has 0 unspecified atom stereocenters. The predicted molar refractivity (Wildman–Crippen MR) is 57.4 cm³/mol. The second-order valence-electron chi connectivity index (χ2n) is 2.68. The van der Waals surface area contributed by atoms with Crippen LogP contribution in [0.4, 0.5) is 0 Å². The summed E-state index contributed by atoms with van der Waals surface area (Å²) < 4.78 is 9.31. The first kappa shape index (κ1) is 23.1. The minimum atomic E-state index is -6.03. The molecule has 0 spiro atoms. The standard InChI is InChI=1S/C4H10O2.6CN.Co.Zn/c1-5-3-4-6-2;6*1-2;;/h3-4H2,1-2H3;;;;;;;;. The fourth-order valence-electron chi connectivity index (χ4n) is 0.417. The van der Waals surface area contributed by atoms with Gasteiger partial charge in [-0.05, 0) is 0 Å². The summed E-state index contributed by atoms with van der Waals surface area (Å²) in [6.07, 6.45) is 0. The van der Waals surface area contributed by atoms with E-state index in [1.54, 1.807) is 14.2 Å². The van der Waals surface area contributed by atoms with Gasteiger partial charge in [-0.3, -0.25) is 0 Å². The van der Waals surface area contributed by atoms with Crippen LogP contribution in [0.15, 0.2) is 0 Å². The fourth-order valence-corrected chi connectivity index (χ4v) is 1.20. The van der Waals surface area contributed by atoms with Crippen LogP contribution >= 0.6 is 0 Å². The average Bonchev–Trinajstić information content (AvgIpc) is 2.51. The Labute approximate surface area is 128 Å². The van der Waals surface area contributed by atoms with Crippen LogP contribution in [0.2, 0.25) is 0 Å². The molecule has 0 aromatic heterocycles. The van der Waals surface area contributed by atoms with Crippen LogP contribution in [-0.4, -0.2) is 27.4 Å². The van der Waals surface area contributed by atoms with E-state index < -0.39 is 10.5 Å². The van der Waals surface area contributed by atoms with Crippen molar-refractivity contribution < 1.29 is 39.5 Å². The third-order valence-electron chi connectivity index (χ3n) is 1.61. The van der Waals surface area contributed by atoms with Crippen LogP contribution in [0.5, 0.6) is 0 Å². The molecule has 0 rings (SSSR count). The second kappa shape index (κ2) is 8.22. The Balaban J connectivity index is -0.000000352. The molecule has 10 heteroatoms. The molecule has 0 bridgehead atoms. The van der Waals surface area contributed by atoms with Crippen LogP contribution in [0.3, 0.4) is 0 Å². The van der Waals surface area contributed by atoms with Crippen LogP contribution in [0, 0.1) is 61.6 Å². The van der Waals surface area contributed by atoms with Crippen molar-refractivity contribution in [2.24, 2.45) is 0 Å². The molecule has 0 aliphatic heterocycles. The molecule has 0 amide bonds. The normalized spacial score (nSPS) is 11.4. The number of hydrogen-bond acceptors (Lipinski definition) is 8. The molecule has 0 aliphatic carbocycles. The summed E-state index contributed by atoms with van der Waals surface area (Å²) in [5.41, 5.74) is 0. The molecule has 0 heterocycles. The Morgan fingerprint density at radius 3 is 0.900 bits per heavy atom. The minimum absolute atomic E-state index is 0. The molecule has 20 heavy (non-hydrogen) atoms. The van der Waals surface area contributed by atoms with Gasteiger partial charge >= 0.3 is 72.1 Å². The van der Waals surface area contributed by atoms with Gasteiger partial charge in [0.15, 0.2) is 0 Å². The Hall–Kier alpha value is -2.01. The summed E-state index contributed by atoms with van der Waals surface area (Å²) in [5.74, 6) is 0. The van der Waals surface area contributed by atoms with E-state index in [2.05, 4.69) is 9.47 Å². The molecule has 103 valence electrons. The third-order valence-corrected chi connectivity index (χ3v) is 5.10. The van der Waals surface area contributed by atoms with Gasteiger partial charge < -0.3 is 9.47 Å². The Morgan fingerprint density at radius 2 is 0.850 bits per heavy atom. The van der Waals surface area contributed by atoms with Crippen molar-refractivity contribution >= 4 is 0 Å². The fraction of sp³-hybridized carbons (Fsp3) is 0.400. The third kappa shape index (κ3) is 3.74. The van der Waals surface area contributed by atoms with Crippen molar-refractivity contribution in [3.8, 4) is 30.0 Å². The molecular weight excluding hydrogens is 360 g/mol. The van der Waals surface area contributed by atoms with E-state index in [4.69, 9.17) is 31.6 Å². The van der Waals surface area contributed by atoms with Crippen LogP contribution < -0.4 is 0 Å². The zero-order chi connectivity index (χ0) is 15.5. The smallest absolute Gasteiger partial charge is 0 e. The van der Waals surface area contributed by atoms with Gasteiger partial charge in [-0.2, -0.15) is 0 Å². The number of ether oxygens (including phenoxy) is 2. The first-order chi connectivity index (χ1) is 8.89. The Kier molecular flexibility index (Phi) is 9.50. The largest absolute Gasteiger partial charge is 0 e. The molecule has 0 saturated carbocycles. The molecule has 0 aromatic carbocycles. The van der Waals surface area contributed by atoms with Gasteiger partial charge in [0, 0.05) is 33.7 Å². The van der Waals surface area contributed by atoms with Gasteiger partial charge in [0.2, 0.25) is 0 Å². The van der Waals surface area contributed by atoms with Crippen molar-refractivity contribution in [1.82, 2.24) is 0 Å². The number of rotatable bonds is 3.